The molecule has 0 aliphatic heterocycles. The number of halogens is 1. The van der Waals surface area contributed by atoms with Gasteiger partial charge in [0.25, 0.3) is 0 Å². The van der Waals surface area contributed by atoms with Gasteiger partial charge in [0.15, 0.2) is 17.3 Å². The zero-order chi connectivity index (χ0) is 10.3. The molecule has 0 bridgehead atoms. The van der Waals surface area contributed by atoms with Gasteiger partial charge >= 0.3 is 0 Å². The van der Waals surface area contributed by atoms with E-state index in [1.54, 1.807) is 6.07 Å². The molecule has 1 aliphatic rings. The lowest BCUT2D eigenvalue weighted by molar-refractivity contribution is 0.354. The Labute approximate surface area is 81.3 Å². The Morgan fingerprint density at radius 2 is 2.14 bits per heavy atom. The first kappa shape index (κ1) is 9.27. The topological polar surface area (TPSA) is 55.5 Å². The number of methoxy groups -OCH3 is 1. The largest absolute Gasteiger partial charge is 0.502 e. The fourth-order valence-electron chi connectivity index (χ4n) is 1.50. The van der Waals surface area contributed by atoms with Gasteiger partial charge in [-0.1, -0.05) is 6.07 Å². The van der Waals surface area contributed by atoms with Crippen LogP contribution in [0.3, 0.4) is 0 Å². The second kappa shape index (κ2) is 2.85. The van der Waals surface area contributed by atoms with E-state index in [1.165, 1.54) is 13.2 Å². The van der Waals surface area contributed by atoms with Crippen LogP contribution in [-0.4, -0.2) is 12.2 Å². The Hall–Kier alpha value is -1.29. The summed E-state index contributed by atoms with van der Waals surface area (Å²) in [4.78, 5) is 0. The van der Waals surface area contributed by atoms with Crippen LogP contribution in [0.15, 0.2) is 12.1 Å². The Kier molecular flexibility index (Phi) is 1.89. The molecule has 0 spiro atoms. The Morgan fingerprint density at radius 3 is 2.64 bits per heavy atom. The van der Waals surface area contributed by atoms with Gasteiger partial charge in [-0.3, -0.25) is 0 Å². The van der Waals surface area contributed by atoms with Crippen molar-refractivity contribution in [1.29, 1.82) is 0 Å². The molecule has 76 valence electrons. The number of phenolic OH excluding ortho intramolecular Hbond substituents is 1. The van der Waals surface area contributed by atoms with Crippen LogP contribution in [0, 0.1) is 5.82 Å². The third-order valence-electron chi connectivity index (χ3n) is 2.62. The van der Waals surface area contributed by atoms with E-state index in [4.69, 9.17) is 10.5 Å². The number of rotatable bonds is 2. The molecule has 0 unspecified atom stereocenters. The van der Waals surface area contributed by atoms with Crippen molar-refractivity contribution in [3.63, 3.8) is 0 Å². The highest BCUT2D eigenvalue weighted by molar-refractivity contribution is 5.46. The third-order valence-corrected chi connectivity index (χ3v) is 2.62. The fourth-order valence-corrected chi connectivity index (χ4v) is 1.50. The van der Waals surface area contributed by atoms with Crippen LogP contribution in [0.2, 0.25) is 0 Å². The highest BCUT2D eigenvalue weighted by atomic mass is 19.1. The molecule has 1 aromatic carbocycles. The van der Waals surface area contributed by atoms with Crippen LogP contribution in [-0.2, 0) is 5.54 Å². The molecule has 3 nitrogen and oxygen atoms in total. The standard InChI is InChI=1S/C10H12FNO2/c1-14-7-3-2-6(8(11)9(7)13)10(12)4-5-10/h2-3,13H,4-5,12H2,1H3. The molecule has 0 saturated heterocycles. The second-order valence-electron chi connectivity index (χ2n) is 3.63. The van der Waals surface area contributed by atoms with E-state index >= 15 is 0 Å². The smallest absolute Gasteiger partial charge is 0.194 e. The Morgan fingerprint density at radius 1 is 1.50 bits per heavy atom. The van der Waals surface area contributed by atoms with Crippen LogP contribution >= 0.6 is 0 Å². The average molecular weight is 197 g/mol. The minimum Gasteiger partial charge on any atom is -0.502 e. The summed E-state index contributed by atoms with van der Waals surface area (Å²) in [6.45, 7) is 0. The van der Waals surface area contributed by atoms with Crippen LogP contribution < -0.4 is 10.5 Å². The highest BCUT2D eigenvalue weighted by Gasteiger charge is 2.42. The predicted molar refractivity (Wildman–Crippen MR) is 49.7 cm³/mol. The van der Waals surface area contributed by atoms with Crippen molar-refractivity contribution >= 4 is 0 Å². The van der Waals surface area contributed by atoms with Gasteiger partial charge in [0.05, 0.1) is 7.11 Å². The minimum atomic E-state index is -0.663. The first-order chi connectivity index (χ1) is 6.58. The SMILES string of the molecule is COc1ccc(C2(N)CC2)c(F)c1O. The van der Waals surface area contributed by atoms with Crippen molar-refractivity contribution in [1.82, 2.24) is 0 Å². The monoisotopic (exact) mass is 197 g/mol. The molecule has 3 N–H and O–H groups in total. The lowest BCUT2D eigenvalue weighted by Crippen LogP contribution is -2.20. The normalized spacial score (nSPS) is 17.9. The zero-order valence-corrected chi connectivity index (χ0v) is 7.88. The van der Waals surface area contributed by atoms with E-state index in [9.17, 15) is 9.50 Å². The number of aromatic hydroxyl groups is 1. The summed E-state index contributed by atoms with van der Waals surface area (Å²) in [7, 11) is 1.38. The minimum absolute atomic E-state index is 0.135. The van der Waals surface area contributed by atoms with Gasteiger partial charge in [-0.15, -0.1) is 0 Å². The molecular weight excluding hydrogens is 185 g/mol. The van der Waals surface area contributed by atoms with Gasteiger partial charge < -0.3 is 15.6 Å². The van der Waals surface area contributed by atoms with Crippen LogP contribution in [0.1, 0.15) is 18.4 Å². The van der Waals surface area contributed by atoms with Crippen LogP contribution in [0.5, 0.6) is 11.5 Å². The van der Waals surface area contributed by atoms with Gasteiger partial charge in [0, 0.05) is 11.1 Å². The Bertz CT molecular complexity index is 375. The molecule has 2 rings (SSSR count). The number of nitrogens with two attached hydrogens (primary N) is 1. The maximum absolute atomic E-state index is 13.6. The second-order valence-corrected chi connectivity index (χ2v) is 3.63. The molecule has 1 aromatic rings. The maximum Gasteiger partial charge on any atom is 0.194 e. The predicted octanol–water partition coefficient (Wildman–Crippen LogP) is 1.49. The Balaban J connectivity index is 2.49. The van der Waals surface area contributed by atoms with E-state index in [-0.39, 0.29) is 5.75 Å². The van der Waals surface area contributed by atoms with Crippen molar-refractivity contribution in [3.8, 4) is 11.5 Å². The van der Waals surface area contributed by atoms with Crippen molar-refractivity contribution in [2.75, 3.05) is 7.11 Å². The molecule has 0 heterocycles. The third kappa shape index (κ3) is 1.23. The zero-order valence-electron chi connectivity index (χ0n) is 7.88. The molecule has 0 aromatic heterocycles. The molecule has 14 heavy (non-hydrogen) atoms. The fraction of sp³-hybridized carbons (Fsp3) is 0.400. The van der Waals surface area contributed by atoms with Crippen molar-refractivity contribution in [2.45, 2.75) is 18.4 Å². The molecule has 1 aliphatic carbocycles. The summed E-state index contributed by atoms with van der Waals surface area (Å²) in [5, 5.41) is 9.41. The van der Waals surface area contributed by atoms with Gasteiger partial charge in [0.1, 0.15) is 0 Å². The van der Waals surface area contributed by atoms with E-state index in [0.29, 0.717) is 5.56 Å². The van der Waals surface area contributed by atoms with Crippen molar-refractivity contribution in [2.24, 2.45) is 5.73 Å². The lowest BCUT2D eigenvalue weighted by Gasteiger charge is -2.12. The van der Waals surface area contributed by atoms with Gasteiger partial charge in [-0.25, -0.2) is 4.39 Å². The van der Waals surface area contributed by atoms with Crippen molar-refractivity contribution < 1.29 is 14.2 Å². The van der Waals surface area contributed by atoms with E-state index in [2.05, 4.69) is 0 Å². The molecule has 0 amide bonds. The lowest BCUT2D eigenvalue weighted by atomic mass is 10.0. The summed E-state index contributed by atoms with van der Waals surface area (Å²) < 4.78 is 18.4. The highest BCUT2D eigenvalue weighted by Crippen LogP contribution is 2.46. The summed E-state index contributed by atoms with van der Waals surface area (Å²) in [5.74, 6) is -0.985. The maximum atomic E-state index is 13.6. The number of hydrogen-bond acceptors (Lipinski definition) is 3. The summed E-state index contributed by atoms with van der Waals surface area (Å²) >= 11 is 0. The molecule has 0 atom stereocenters. The van der Waals surface area contributed by atoms with Crippen LogP contribution in [0.25, 0.3) is 0 Å². The van der Waals surface area contributed by atoms with E-state index in [0.717, 1.165) is 12.8 Å². The summed E-state index contributed by atoms with van der Waals surface area (Å²) in [5.41, 5.74) is 5.63. The molecule has 4 heteroatoms. The van der Waals surface area contributed by atoms with Gasteiger partial charge in [-0.05, 0) is 18.9 Å². The first-order valence-corrected chi connectivity index (χ1v) is 4.43. The number of phenols is 1. The average Bonchev–Trinajstić information content (AvgIpc) is 2.89. The molecule has 0 radical (unpaired) electrons. The number of ether oxygens (including phenoxy) is 1. The molecule has 1 saturated carbocycles. The van der Waals surface area contributed by atoms with Gasteiger partial charge in [0.2, 0.25) is 0 Å². The molecular formula is C10H12FNO2. The first-order valence-electron chi connectivity index (χ1n) is 4.43. The van der Waals surface area contributed by atoms with Gasteiger partial charge in [-0.2, -0.15) is 0 Å². The van der Waals surface area contributed by atoms with E-state index in [1.807, 2.05) is 0 Å². The quantitative estimate of drug-likeness (QED) is 0.755. The summed E-state index contributed by atoms with van der Waals surface area (Å²) in [6, 6.07) is 3.10. The van der Waals surface area contributed by atoms with Crippen LogP contribution in [0.4, 0.5) is 4.39 Å². The summed E-state index contributed by atoms with van der Waals surface area (Å²) in [6.07, 6.45) is 1.52. The molecule has 1 fully saturated rings. The van der Waals surface area contributed by atoms with E-state index < -0.39 is 17.1 Å². The number of benzene rings is 1. The van der Waals surface area contributed by atoms with Crippen molar-refractivity contribution in [3.05, 3.63) is 23.5 Å². The number of hydrogen-bond donors (Lipinski definition) is 2.